The number of nitrogens with two attached hydrogens (primary N) is 1. The Kier molecular flexibility index (Phi) is 4.82. The summed E-state index contributed by atoms with van der Waals surface area (Å²) in [6.07, 6.45) is 0. The maximum Gasteiger partial charge on any atom is 0.238 e. The lowest BCUT2D eigenvalue weighted by Crippen LogP contribution is -2.12. The Bertz CT molecular complexity index is 758. The van der Waals surface area contributed by atoms with Crippen LogP contribution in [0.25, 0.3) is 11.1 Å². The van der Waals surface area contributed by atoms with Crippen LogP contribution in [-0.4, -0.2) is 15.0 Å². The van der Waals surface area contributed by atoms with Crippen molar-refractivity contribution < 1.29 is 13.2 Å². The molecular weight excluding hydrogens is 354 g/mol. The molecule has 2 aromatic rings. The molecule has 2 aromatic carbocycles. The Balaban J connectivity index is 2.53. The summed E-state index contributed by atoms with van der Waals surface area (Å²) >= 11 is 3.22. The predicted octanol–water partition coefficient (Wildman–Crippen LogP) is 3.29. The van der Waals surface area contributed by atoms with Crippen LogP contribution in [0.15, 0.2) is 64.5 Å². The van der Waals surface area contributed by atoms with Gasteiger partial charge in [-0.2, -0.15) is 0 Å². The molecule has 0 radical (unpaired) electrons. The maximum atomic E-state index is 11.5. The van der Waals surface area contributed by atoms with Gasteiger partial charge >= 0.3 is 0 Å². The lowest BCUT2D eigenvalue weighted by Gasteiger charge is -2.12. The Morgan fingerprint density at radius 1 is 1.19 bits per heavy atom. The molecule has 6 heteroatoms. The Morgan fingerprint density at radius 3 is 2.43 bits per heavy atom. The van der Waals surface area contributed by atoms with E-state index in [-0.39, 0.29) is 11.5 Å². The molecule has 0 atom stereocenters. The number of rotatable bonds is 5. The zero-order valence-corrected chi connectivity index (χ0v) is 13.5. The zero-order chi connectivity index (χ0) is 15.5. The van der Waals surface area contributed by atoms with Gasteiger partial charge in [-0.05, 0) is 23.8 Å². The van der Waals surface area contributed by atoms with Crippen LogP contribution < -0.4 is 9.88 Å². The first-order chi connectivity index (χ1) is 9.88. The van der Waals surface area contributed by atoms with E-state index in [0.29, 0.717) is 15.8 Å². The quantitative estimate of drug-likeness (QED) is 0.881. The van der Waals surface area contributed by atoms with Crippen molar-refractivity contribution in [2.24, 2.45) is 5.14 Å². The van der Waals surface area contributed by atoms with E-state index in [2.05, 4.69) is 22.5 Å². The fourth-order valence-corrected chi connectivity index (χ4v) is 2.47. The molecule has 0 amide bonds. The molecule has 21 heavy (non-hydrogen) atoms. The molecule has 4 nitrogen and oxygen atoms in total. The summed E-state index contributed by atoms with van der Waals surface area (Å²) in [6.45, 7) is 3.99. The van der Waals surface area contributed by atoms with Crippen molar-refractivity contribution >= 4 is 26.0 Å². The second-order valence-corrected chi connectivity index (χ2v) is 7.06. The number of sulfonamides is 1. The van der Waals surface area contributed by atoms with Crippen molar-refractivity contribution in [2.45, 2.75) is 4.90 Å². The minimum absolute atomic E-state index is 0.0476. The number of ether oxygens (including phenoxy) is 1. The van der Waals surface area contributed by atoms with Gasteiger partial charge in [0.25, 0.3) is 0 Å². The molecule has 0 aliphatic carbocycles. The summed E-state index contributed by atoms with van der Waals surface area (Å²) in [5.41, 5.74) is 1.51. The number of primary sulfonamides is 1. The molecule has 0 saturated heterocycles. The molecule has 0 spiro atoms. The highest BCUT2D eigenvalue weighted by Gasteiger charge is 2.13. The van der Waals surface area contributed by atoms with Gasteiger partial charge in [-0.15, -0.1) is 0 Å². The molecule has 110 valence electrons. The van der Waals surface area contributed by atoms with E-state index < -0.39 is 10.0 Å². The van der Waals surface area contributed by atoms with Crippen LogP contribution >= 0.6 is 15.9 Å². The van der Waals surface area contributed by atoms with Crippen LogP contribution in [0.3, 0.4) is 0 Å². The van der Waals surface area contributed by atoms with E-state index in [9.17, 15) is 8.42 Å². The fourth-order valence-electron chi connectivity index (χ4n) is 1.81. The Hall–Kier alpha value is -1.63. The number of benzene rings is 2. The molecule has 0 aliphatic heterocycles. The van der Waals surface area contributed by atoms with Crippen LogP contribution in [0.4, 0.5) is 0 Å². The highest BCUT2D eigenvalue weighted by molar-refractivity contribution is 9.11. The van der Waals surface area contributed by atoms with Gasteiger partial charge in [0.15, 0.2) is 0 Å². The van der Waals surface area contributed by atoms with Crippen LogP contribution in [0, 0.1) is 0 Å². The number of halogens is 1. The minimum atomic E-state index is -3.76. The van der Waals surface area contributed by atoms with E-state index in [4.69, 9.17) is 9.88 Å². The van der Waals surface area contributed by atoms with Gasteiger partial charge in [0.1, 0.15) is 12.4 Å². The average Bonchev–Trinajstić information content (AvgIpc) is 2.45. The molecule has 2 rings (SSSR count). The van der Waals surface area contributed by atoms with Crippen molar-refractivity contribution in [1.82, 2.24) is 0 Å². The van der Waals surface area contributed by atoms with Gasteiger partial charge in [-0.3, -0.25) is 0 Å². The van der Waals surface area contributed by atoms with Crippen LogP contribution in [0.5, 0.6) is 5.75 Å². The standard InChI is InChI=1S/C15H14BrNO3S/c1-11(16)10-20-15-8-7-13(21(17,18)19)9-14(15)12-5-3-2-4-6-12/h2-9H,1,10H2,(H2,17,18,19). The second kappa shape index (κ2) is 6.43. The first-order valence-corrected chi connectivity index (χ1v) is 8.40. The van der Waals surface area contributed by atoms with E-state index in [1.54, 1.807) is 6.07 Å². The highest BCUT2D eigenvalue weighted by Crippen LogP contribution is 2.32. The summed E-state index contributed by atoms with van der Waals surface area (Å²) in [5, 5.41) is 5.19. The van der Waals surface area contributed by atoms with Gasteiger partial charge in [-0.25, -0.2) is 13.6 Å². The zero-order valence-electron chi connectivity index (χ0n) is 11.1. The summed E-state index contributed by atoms with van der Waals surface area (Å²) in [6, 6.07) is 13.9. The third-order valence-corrected chi connectivity index (χ3v) is 3.89. The van der Waals surface area contributed by atoms with E-state index >= 15 is 0 Å². The van der Waals surface area contributed by atoms with Gasteiger partial charge in [0.2, 0.25) is 10.0 Å². The van der Waals surface area contributed by atoms with Crippen LogP contribution in [-0.2, 0) is 10.0 Å². The SMILES string of the molecule is C=C(Br)COc1ccc(S(N)(=O)=O)cc1-c1ccccc1. The molecular formula is C15H14BrNO3S. The molecule has 0 heterocycles. The van der Waals surface area contributed by atoms with Crippen molar-refractivity contribution in [2.75, 3.05) is 6.61 Å². The van der Waals surface area contributed by atoms with Crippen molar-refractivity contribution in [3.8, 4) is 16.9 Å². The maximum absolute atomic E-state index is 11.5. The number of hydrogen-bond donors (Lipinski definition) is 1. The van der Waals surface area contributed by atoms with Crippen molar-refractivity contribution in [3.05, 3.63) is 59.6 Å². The van der Waals surface area contributed by atoms with Crippen LogP contribution in [0.1, 0.15) is 0 Å². The van der Waals surface area contributed by atoms with E-state index in [1.165, 1.54) is 12.1 Å². The normalized spacial score (nSPS) is 11.1. The third-order valence-electron chi connectivity index (χ3n) is 2.75. The van der Waals surface area contributed by atoms with Gasteiger partial charge < -0.3 is 4.74 Å². The summed E-state index contributed by atoms with van der Waals surface area (Å²) in [7, 11) is -3.76. The Labute approximate surface area is 132 Å². The van der Waals surface area contributed by atoms with Crippen LogP contribution in [0.2, 0.25) is 0 Å². The van der Waals surface area contributed by atoms with Crippen molar-refractivity contribution in [3.63, 3.8) is 0 Å². The predicted molar refractivity (Wildman–Crippen MR) is 86.8 cm³/mol. The molecule has 0 aromatic heterocycles. The molecule has 0 unspecified atom stereocenters. The summed E-state index contributed by atoms with van der Waals surface area (Å²) in [4.78, 5) is 0.0476. The molecule has 0 fully saturated rings. The van der Waals surface area contributed by atoms with E-state index in [0.717, 1.165) is 5.56 Å². The smallest absolute Gasteiger partial charge is 0.238 e. The summed E-state index contributed by atoms with van der Waals surface area (Å²) < 4.78 is 29.3. The Morgan fingerprint density at radius 2 is 1.86 bits per heavy atom. The lowest BCUT2D eigenvalue weighted by atomic mass is 10.0. The molecule has 0 bridgehead atoms. The van der Waals surface area contributed by atoms with Gasteiger partial charge in [0.05, 0.1) is 4.90 Å². The monoisotopic (exact) mass is 367 g/mol. The number of hydrogen-bond acceptors (Lipinski definition) is 3. The summed E-state index contributed by atoms with van der Waals surface area (Å²) in [5.74, 6) is 0.564. The molecule has 2 N–H and O–H groups in total. The van der Waals surface area contributed by atoms with Gasteiger partial charge in [0, 0.05) is 10.0 Å². The van der Waals surface area contributed by atoms with Crippen molar-refractivity contribution in [1.29, 1.82) is 0 Å². The average molecular weight is 368 g/mol. The largest absolute Gasteiger partial charge is 0.488 e. The first-order valence-electron chi connectivity index (χ1n) is 6.06. The molecule has 0 saturated carbocycles. The fraction of sp³-hybridized carbons (Fsp3) is 0.0667. The first kappa shape index (κ1) is 15.8. The lowest BCUT2D eigenvalue weighted by molar-refractivity contribution is 0.362. The third kappa shape index (κ3) is 4.17. The highest BCUT2D eigenvalue weighted by atomic mass is 79.9. The topological polar surface area (TPSA) is 69.4 Å². The van der Waals surface area contributed by atoms with Gasteiger partial charge in [-0.1, -0.05) is 52.8 Å². The van der Waals surface area contributed by atoms with E-state index in [1.807, 2.05) is 30.3 Å². The molecule has 0 aliphatic rings. The minimum Gasteiger partial charge on any atom is -0.488 e. The second-order valence-electron chi connectivity index (χ2n) is 4.37.